The predicted octanol–water partition coefficient (Wildman–Crippen LogP) is 5.44. The summed E-state index contributed by atoms with van der Waals surface area (Å²) in [4.78, 5) is 13.0. The molecule has 6 nitrogen and oxygen atoms in total. The van der Waals surface area contributed by atoms with Gasteiger partial charge in [0.2, 0.25) is 0 Å². The summed E-state index contributed by atoms with van der Waals surface area (Å²) in [6.07, 6.45) is 8.40. The van der Waals surface area contributed by atoms with Crippen molar-refractivity contribution in [2.24, 2.45) is 5.92 Å². The zero-order valence-electron chi connectivity index (χ0n) is 20.3. The van der Waals surface area contributed by atoms with E-state index in [9.17, 15) is 23.4 Å². The molecule has 2 N–H and O–H groups in total. The molecule has 33 heavy (non-hydrogen) atoms. The summed E-state index contributed by atoms with van der Waals surface area (Å²) in [7, 11) is -3.15. The number of rotatable bonds is 11. The molecule has 0 radical (unpaired) electrons. The molecule has 0 spiro atoms. The van der Waals surface area contributed by atoms with E-state index in [1.807, 2.05) is 19.9 Å². The monoisotopic (exact) mass is 478 g/mol. The van der Waals surface area contributed by atoms with Gasteiger partial charge in [0.1, 0.15) is 26.9 Å². The fourth-order valence-electron chi connectivity index (χ4n) is 4.51. The molecule has 184 valence electrons. The maximum absolute atomic E-state index is 13.0. The Hall–Kier alpha value is -2.28. The van der Waals surface area contributed by atoms with E-state index in [1.165, 1.54) is 0 Å². The molecule has 1 aliphatic rings. The molecular weight excluding hydrogens is 440 g/mol. The lowest BCUT2D eigenvalue weighted by molar-refractivity contribution is 0.0500. The third-order valence-corrected chi connectivity index (χ3v) is 7.29. The molecule has 0 saturated carbocycles. The number of aryl methyl sites for hydroxylation is 1. The predicted molar refractivity (Wildman–Crippen MR) is 132 cm³/mol. The summed E-state index contributed by atoms with van der Waals surface area (Å²) in [6, 6.07) is 1.57. The van der Waals surface area contributed by atoms with E-state index < -0.39 is 15.8 Å². The van der Waals surface area contributed by atoms with Gasteiger partial charge in [0.05, 0.1) is 12.4 Å². The van der Waals surface area contributed by atoms with Gasteiger partial charge in [-0.1, -0.05) is 43.6 Å². The van der Waals surface area contributed by atoms with Crippen LogP contribution in [0.15, 0.2) is 29.9 Å². The van der Waals surface area contributed by atoms with Crippen LogP contribution in [0.1, 0.15) is 86.7 Å². The number of aromatic hydroxyl groups is 2. The van der Waals surface area contributed by atoms with Gasteiger partial charge in [-0.2, -0.15) is 0 Å². The normalized spacial score (nSPS) is 18.6. The first kappa shape index (κ1) is 27.0. The van der Waals surface area contributed by atoms with Crippen LogP contribution in [-0.2, 0) is 21.0 Å². The lowest BCUT2D eigenvalue weighted by Crippen LogP contribution is -2.19. The highest BCUT2D eigenvalue weighted by molar-refractivity contribution is 7.90. The zero-order valence-corrected chi connectivity index (χ0v) is 21.1. The number of unbranched alkanes of at least 4 members (excludes halogenated alkanes) is 2. The highest BCUT2D eigenvalue weighted by Crippen LogP contribution is 2.48. The second-order valence-electron chi connectivity index (χ2n) is 9.30. The molecule has 1 aromatic carbocycles. The highest BCUT2D eigenvalue weighted by Gasteiger charge is 2.33. The summed E-state index contributed by atoms with van der Waals surface area (Å²) >= 11 is 0. The Morgan fingerprint density at radius 2 is 1.94 bits per heavy atom. The Morgan fingerprint density at radius 3 is 2.55 bits per heavy atom. The number of benzene rings is 1. The average molecular weight is 479 g/mol. The first-order chi connectivity index (χ1) is 15.5. The van der Waals surface area contributed by atoms with Crippen LogP contribution in [-0.4, -0.2) is 43.2 Å². The third-order valence-electron chi connectivity index (χ3n) is 6.26. The highest BCUT2D eigenvalue weighted by atomic mass is 32.2. The quantitative estimate of drug-likeness (QED) is 0.250. The van der Waals surface area contributed by atoms with Crippen molar-refractivity contribution < 1.29 is 28.2 Å². The van der Waals surface area contributed by atoms with Gasteiger partial charge in [-0.3, -0.25) is 0 Å². The smallest absolute Gasteiger partial charge is 0.342 e. The van der Waals surface area contributed by atoms with E-state index in [0.29, 0.717) is 17.5 Å². The number of hydrogen-bond donors (Lipinski definition) is 2. The number of phenols is 2. The van der Waals surface area contributed by atoms with E-state index in [1.54, 1.807) is 6.07 Å². The molecule has 0 bridgehead atoms. The molecule has 0 heterocycles. The summed E-state index contributed by atoms with van der Waals surface area (Å²) < 4.78 is 28.0. The minimum absolute atomic E-state index is 0.0326. The van der Waals surface area contributed by atoms with Gasteiger partial charge in [-0.05, 0) is 63.5 Å². The molecular formula is C26H38O6S. The van der Waals surface area contributed by atoms with Gasteiger partial charge >= 0.3 is 5.97 Å². The molecule has 2 unspecified atom stereocenters. The molecule has 0 fully saturated rings. The Balaban J connectivity index is 2.47. The third kappa shape index (κ3) is 7.36. The van der Waals surface area contributed by atoms with Crippen LogP contribution in [0.25, 0.3) is 0 Å². The molecule has 2 atom stereocenters. The van der Waals surface area contributed by atoms with E-state index in [2.05, 4.69) is 13.5 Å². The first-order valence-corrected chi connectivity index (χ1v) is 13.8. The van der Waals surface area contributed by atoms with Crippen LogP contribution in [0, 0.1) is 5.92 Å². The number of esters is 1. The van der Waals surface area contributed by atoms with Crippen molar-refractivity contribution in [1.29, 1.82) is 0 Å². The molecule has 1 aliphatic carbocycles. The molecule has 1 aromatic rings. The van der Waals surface area contributed by atoms with Crippen LogP contribution >= 0.6 is 0 Å². The minimum atomic E-state index is -3.15. The van der Waals surface area contributed by atoms with Crippen molar-refractivity contribution in [3.63, 3.8) is 0 Å². The zero-order chi connectivity index (χ0) is 24.8. The van der Waals surface area contributed by atoms with Crippen molar-refractivity contribution >= 4 is 15.8 Å². The lowest BCUT2D eigenvalue weighted by Gasteiger charge is -2.32. The molecule has 7 heteroatoms. The van der Waals surface area contributed by atoms with E-state index in [-0.39, 0.29) is 47.7 Å². The van der Waals surface area contributed by atoms with Crippen molar-refractivity contribution in [1.82, 2.24) is 0 Å². The van der Waals surface area contributed by atoms with Gasteiger partial charge in [0.15, 0.2) is 0 Å². The van der Waals surface area contributed by atoms with Crippen molar-refractivity contribution in [2.45, 2.75) is 71.6 Å². The Kier molecular flexibility index (Phi) is 9.58. The fraction of sp³-hybridized carbons (Fsp3) is 0.577. The van der Waals surface area contributed by atoms with Crippen molar-refractivity contribution in [3.8, 4) is 11.5 Å². The molecule has 0 aliphatic heterocycles. The summed E-state index contributed by atoms with van der Waals surface area (Å²) in [6.45, 7) is 10.1. The molecule has 2 rings (SSSR count). The number of carbonyl (C=O) groups is 1. The Morgan fingerprint density at radius 1 is 1.24 bits per heavy atom. The molecule has 0 aromatic heterocycles. The second kappa shape index (κ2) is 11.7. The maximum Gasteiger partial charge on any atom is 0.342 e. The summed E-state index contributed by atoms with van der Waals surface area (Å²) in [5, 5.41) is 22.2. The van der Waals surface area contributed by atoms with Gasteiger partial charge < -0.3 is 14.9 Å². The lowest BCUT2D eigenvalue weighted by atomic mass is 9.73. The standard InChI is InChI=1S/C26H38O6S/c1-6-7-8-10-19-16-22(27)24(21-15-18(4)11-12-20(21)17(2)3)25(28)23(19)26(29)32-13-9-14-33(5,30)31/h15-16,20-21,27-28H,2,6-14H2,1,3-5H3. The van der Waals surface area contributed by atoms with E-state index in [0.717, 1.165) is 49.5 Å². The molecule has 0 saturated heterocycles. The van der Waals surface area contributed by atoms with Crippen molar-refractivity contribution in [3.05, 3.63) is 46.6 Å². The second-order valence-corrected chi connectivity index (χ2v) is 11.6. The van der Waals surface area contributed by atoms with Gasteiger partial charge in [-0.15, -0.1) is 0 Å². The van der Waals surface area contributed by atoms with Gasteiger partial charge in [-0.25, -0.2) is 13.2 Å². The Labute approximate surface area is 198 Å². The van der Waals surface area contributed by atoms with Gasteiger partial charge in [0, 0.05) is 17.7 Å². The number of carbonyl (C=O) groups excluding carboxylic acids is 1. The number of phenolic OH excluding ortho intramolecular Hbond substituents is 2. The number of sulfone groups is 1. The van der Waals surface area contributed by atoms with Crippen LogP contribution in [0.4, 0.5) is 0 Å². The largest absolute Gasteiger partial charge is 0.507 e. The first-order valence-electron chi connectivity index (χ1n) is 11.7. The van der Waals surface area contributed by atoms with E-state index in [4.69, 9.17) is 4.74 Å². The number of allylic oxidation sites excluding steroid dienone is 3. The average Bonchev–Trinajstić information content (AvgIpc) is 2.70. The Bertz CT molecular complexity index is 1010. The summed E-state index contributed by atoms with van der Waals surface area (Å²) in [5.41, 5.74) is 3.05. The van der Waals surface area contributed by atoms with Crippen LogP contribution in [0.2, 0.25) is 0 Å². The topological polar surface area (TPSA) is 101 Å². The maximum atomic E-state index is 13.0. The summed E-state index contributed by atoms with van der Waals surface area (Å²) in [5.74, 6) is -1.32. The van der Waals surface area contributed by atoms with Crippen LogP contribution < -0.4 is 0 Å². The number of hydrogen-bond acceptors (Lipinski definition) is 6. The number of ether oxygens (including phenoxy) is 1. The van der Waals surface area contributed by atoms with Crippen LogP contribution in [0.3, 0.4) is 0 Å². The molecule has 0 amide bonds. The SMILES string of the molecule is C=C(C)C1CCC(C)=CC1c1c(O)cc(CCCCC)c(C(=O)OCCCS(C)(=O)=O)c1O. The minimum Gasteiger partial charge on any atom is -0.507 e. The van der Waals surface area contributed by atoms with Gasteiger partial charge in [0.25, 0.3) is 0 Å². The van der Waals surface area contributed by atoms with E-state index >= 15 is 0 Å². The van der Waals surface area contributed by atoms with Crippen molar-refractivity contribution in [2.75, 3.05) is 18.6 Å². The fourth-order valence-corrected chi connectivity index (χ4v) is 5.15. The van der Waals surface area contributed by atoms with Crippen LogP contribution in [0.5, 0.6) is 11.5 Å².